The molecule has 0 bridgehead atoms. The van der Waals surface area contributed by atoms with Crippen LogP contribution in [0, 0.1) is 18.6 Å². The zero-order chi connectivity index (χ0) is 20.8. The Balaban J connectivity index is 0.00000320. The van der Waals surface area contributed by atoms with Crippen LogP contribution in [0.2, 0.25) is 0 Å². The smallest absolute Gasteiger partial charge is 0.194 e. The summed E-state index contributed by atoms with van der Waals surface area (Å²) < 4.78 is 34.6. The van der Waals surface area contributed by atoms with Gasteiger partial charge in [0.2, 0.25) is 0 Å². The molecular formula is C19H28F2IN7O. The number of hydrogen-bond donors (Lipinski definition) is 1. The lowest BCUT2D eigenvalue weighted by atomic mass is 10.2. The lowest BCUT2D eigenvalue weighted by Crippen LogP contribution is -2.53. The highest BCUT2D eigenvalue weighted by Gasteiger charge is 2.22. The predicted molar refractivity (Wildman–Crippen MR) is 122 cm³/mol. The van der Waals surface area contributed by atoms with E-state index in [0.29, 0.717) is 51.6 Å². The Bertz CT molecular complexity index is 853. The van der Waals surface area contributed by atoms with Gasteiger partial charge >= 0.3 is 0 Å². The van der Waals surface area contributed by atoms with Crippen molar-refractivity contribution in [3.63, 3.8) is 0 Å². The molecule has 11 heteroatoms. The van der Waals surface area contributed by atoms with Crippen LogP contribution in [0.5, 0.6) is 0 Å². The fraction of sp³-hybridized carbons (Fsp3) is 0.526. The van der Waals surface area contributed by atoms with Crippen molar-refractivity contribution < 1.29 is 13.5 Å². The molecule has 2 aromatic rings. The molecule has 1 aromatic carbocycles. The number of halogens is 3. The van der Waals surface area contributed by atoms with Crippen LogP contribution >= 0.6 is 24.0 Å². The summed E-state index contributed by atoms with van der Waals surface area (Å²) in [4.78, 5) is 8.65. The minimum absolute atomic E-state index is 0. The molecule has 0 aliphatic carbocycles. The number of benzene rings is 1. The lowest BCUT2D eigenvalue weighted by Gasteiger charge is -2.37. The van der Waals surface area contributed by atoms with E-state index in [1.54, 1.807) is 7.11 Å². The fourth-order valence-electron chi connectivity index (χ4n) is 3.15. The number of aliphatic imine (C=N–C) groups is 1. The minimum Gasteiger partial charge on any atom is -0.383 e. The minimum atomic E-state index is -0.439. The summed E-state index contributed by atoms with van der Waals surface area (Å²) in [6, 6.07) is 3.54. The molecule has 0 unspecified atom stereocenters. The summed E-state index contributed by atoms with van der Waals surface area (Å²) in [5.41, 5.74) is 0.296. The summed E-state index contributed by atoms with van der Waals surface area (Å²) in [5, 5.41) is 11.5. The number of methoxy groups -OCH3 is 1. The summed E-state index contributed by atoms with van der Waals surface area (Å²) in [6.45, 7) is 5.85. The molecule has 1 aliphatic rings. The molecule has 166 valence electrons. The SMILES string of the molecule is COCCNC(=NCc1nnc(C)n1C)N1CCN(c2cc(F)ccc2F)CC1.I. The number of piperazine rings is 1. The number of rotatable bonds is 6. The van der Waals surface area contributed by atoms with E-state index in [2.05, 4.69) is 20.4 Å². The molecule has 1 saturated heterocycles. The van der Waals surface area contributed by atoms with Crippen molar-refractivity contribution in [1.29, 1.82) is 0 Å². The molecule has 3 rings (SSSR count). The van der Waals surface area contributed by atoms with Gasteiger partial charge in [-0.3, -0.25) is 0 Å². The van der Waals surface area contributed by atoms with E-state index in [0.717, 1.165) is 23.7 Å². The van der Waals surface area contributed by atoms with Gasteiger partial charge in [-0.15, -0.1) is 34.2 Å². The third-order valence-corrected chi connectivity index (χ3v) is 4.97. The number of nitrogens with zero attached hydrogens (tertiary/aromatic N) is 6. The molecular weight excluding hydrogens is 507 g/mol. The summed E-state index contributed by atoms with van der Waals surface area (Å²) >= 11 is 0. The maximum absolute atomic E-state index is 14.1. The first-order chi connectivity index (χ1) is 14.0. The Labute approximate surface area is 192 Å². The van der Waals surface area contributed by atoms with Gasteiger partial charge in [-0.1, -0.05) is 0 Å². The van der Waals surface area contributed by atoms with Crippen LogP contribution in [0.1, 0.15) is 11.6 Å². The topological polar surface area (TPSA) is 70.8 Å². The van der Waals surface area contributed by atoms with Crippen molar-refractivity contribution in [2.45, 2.75) is 13.5 Å². The second-order valence-corrected chi connectivity index (χ2v) is 6.85. The Morgan fingerprint density at radius 3 is 2.57 bits per heavy atom. The van der Waals surface area contributed by atoms with Crippen LogP contribution in [-0.2, 0) is 18.3 Å². The molecule has 1 aromatic heterocycles. The Morgan fingerprint density at radius 2 is 1.93 bits per heavy atom. The molecule has 1 N–H and O–H groups in total. The summed E-state index contributed by atoms with van der Waals surface area (Å²) in [7, 11) is 3.55. The highest BCUT2D eigenvalue weighted by molar-refractivity contribution is 14.0. The van der Waals surface area contributed by atoms with Crippen LogP contribution in [0.15, 0.2) is 23.2 Å². The monoisotopic (exact) mass is 535 g/mol. The molecule has 30 heavy (non-hydrogen) atoms. The maximum atomic E-state index is 14.1. The van der Waals surface area contributed by atoms with Gasteiger partial charge in [0, 0.05) is 52.9 Å². The van der Waals surface area contributed by atoms with Crippen molar-refractivity contribution in [2.24, 2.45) is 12.0 Å². The second kappa shape index (κ2) is 11.4. The van der Waals surface area contributed by atoms with Gasteiger partial charge < -0.3 is 24.4 Å². The lowest BCUT2D eigenvalue weighted by molar-refractivity contribution is 0.202. The number of nitrogens with one attached hydrogen (secondary N) is 1. The number of aryl methyl sites for hydroxylation is 1. The van der Waals surface area contributed by atoms with Crippen LogP contribution in [0.4, 0.5) is 14.5 Å². The van der Waals surface area contributed by atoms with Gasteiger partial charge in [0.05, 0.1) is 12.3 Å². The third kappa shape index (κ3) is 6.00. The number of ether oxygens (including phenoxy) is 1. The van der Waals surface area contributed by atoms with Gasteiger partial charge in [0.15, 0.2) is 11.8 Å². The van der Waals surface area contributed by atoms with Crippen LogP contribution in [-0.4, -0.2) is 72.1 Å². The summed E-state index contributed by atoms with van der Waals surface area (Å²) in [6.07, 6.45) is 0. The Kier molecular flexibility index (Phi) is 9.21. The number of aromatic nitrogens is 3. The molecule has 1 fully saturated rings. The molecule has 0 radical (unpaired) electrons. The van der Waals surface area contributed by atoms with E-state index in [4.69, 9.17) is 9.73 Å². The molecule has 0 amide bonds. The second-order valence-electron chi connectivity index (χ2n) is 6.85. The first-order valence-corrected chi connectivity index (χ1v) is 9.56. The van der Waals surface area contributed by atoms with Crippen molar-refractivity contribution >= 4 is 35.6 Å². The molecule has 0 spiro atoms. The molecule has 1 aliphatic heterocycles. The van der Waals surface area contributed by atoms with Gasteiger partial charge in [0.1, 0.15) is 24.0 Å². The average Bonchev–Trinajstić information content (AvgIpc) is 3.05. The molecule has 0 atom stereocenters. The van der Waals surface area contributed by atoms with E-state index < -0.39 is 11.6 Å². The van der Waals surface area contributed by atoms with Crippen LogP contribution in [0.3, 0.4) is 0 Å². The van der Waals surface area contributed by atoms with Gasteiger partial charge in [-0.2, -0.15) is 0 Å². The van der Waals surface area contributed by atoms with Crippen molar-refractivity contribution in [1.82, 2.24) is 25.0 Å². The molecule has 8 nitrogen and oxygen atoms in total. The Hall–Kier alpha value is -2.02. The van der Waals surface area contributed by atoms with Gasteiger partial charge in [-0.05, 0) is 19.1 Å². The number of hydrogen-bond acceptors (Lipinski definition) is 5. The largest absolute Gasteiger partial charge is 0.383 e. The predicted octanol–water partition coefficient (Wildman–Crippen LogP) is 1.93. The normalized spacial score (nSPS) is 14.6. The van der Waals surface area contributed by atoms with E-state index in [-0.39, 0.29) is 24.0 Å². The zero-order valence-electron chi connectivity index (χ0n) is 17.4. The third-order valence-electron chi connectivity index (χ3n) is 4.97. The highest BCUT2D eigenvalue weighted by Crippen LogP contribution is 2.22. The van der Waals surface area contributed by atoms with Crippen molar-refractivity contribution in [2.75, 3.05) is 51.3 Å². The number of guanidine groups is 1. The van der Waals surface area contributed by atoms with Crippen molar-refractivity contribution in [3.05, 3.63) is 41.5 Å². The summed E-state index contributed by atoms with van der Waals surface area (Å²) in [5.74, 6) is 1.49. The maximum Gasteiger partial charge on any atom is 0.194 e. The number of anilines is 1. The fourth-order valence-corrected chi connectivity index (χ4v) is 3.15. The van der Waals surface area contributed by atoms with Gasteiger partial charge in [-0.25, -0.2) is 13.8 Å². The standard InChI is InChI=1S/C19H27F2N7O.HI/c1-14-24-25-18(26(14)2)13-23-19(22-6-11-29-3)28-9-7-27(8-10-28)17-12-15(20)4-5-16(17)21;/h4-5,12H,6-11,13H2,1-3H3,(H,22,23);1H. The quantitative estimate of drug-likeness (QED) is 0.264. The first-order valence-electron chi connectivity index (χ1n) is 9.56. The van der Waals surface area contributed by atoms with E-state index in [1.807, 2.05) is 23.4 Å². The van der Waals surface area contributed by atoms with E-state index >= 15 is 0 Å². The average molecular weight is 535 g/mol. The molecule has 2 heterocycles. The van der Waals surface area contributed by atoms with Crippen LogP contribution < -0.4 is 10.2 Å². The zero-order valence-corrected chi connectivity index (χ0v) is 19.8. The van der Waals surface area contributed by atoms with Crippen LogP contribution in [0.25, 0.3) is 0 Å². The highest BCUT2D eigenvalue weighted by atomic mass is 127. The van der Waals surface area contributed by atoms with E-state index in [9.17, 15) is 8.78 Å². The molecule has 0 saturated carbocycles. The van der Waals surface area contributed by atoms with Gasteiger partial charge in [0.25, 0.3) is 0 Å². The van der Waals surface area contributed by atoms with E-state index in [1.165, 1.54) is 12.1 Å². The first kappa shape index (κ1) is 24.3. The Morgan fingerprint density at radius 1 is 1.20 bits per heavy atom. The van der Waals surface area contributed by atoms with Crippen molar-refractivity contribution in [3.8, 4) is 0 Å².